The van der Waals surface area contributed by atoms with E-state index < -0.39 is 22.2 Å². The lowest BCUT2D eigenvalue weighted by atomic mass is 10.1. The van der Waals surface area contributed by atoms with Gasteiger partial charge in [0.1, 0.15) is 23.7 Å². The smallest absolute Gasteiger partial charge is 0.324 e. The number of piperidine rings is 1. The lowest BCUT2D eigenvalue weighted by Crippen LogP contribution is -2.53. The van der Waals surface area contributed by atoms with Crippen molar-refractivity contribution in [1.82, 2.24) is 9.03 Å². The van der Waals surface area contributed by atoms with Gasteiger partial charge in [-0.1, -0.05) is 13.8 Å². The third kappa shape index (κ3) is 5.39. The average Bonchev–Trinajstić information content (AvgIpc) is 2.61. The zero-order valence-electron chi connectivity index (χ0n) is 15.1. The number of ether oxygens (including phenoxy) is 2. The highest BCUT2D eigenvalue weighted by molar-refractivity contribution is 7.87. The summed E-state index contributed by atoms with van der Waals surface area (Å²) in [6.07, 6.45) is 0.861. The van der Waals surface area contributed by atoms with Crippen LogP contribution in [0.4, 0.5) is 4.39 Å². The van der Waals surface area contributed by atoms with Gasteiger partial charge in [0.05, 0.1) is 7.11 Å². The molecule has 0 aromatic heterocycles. The standard InChI is InChI=1S/C17H25FN2O5S/c1-12(2)16(17(21)24-3)19-26(22,23)20-10-8-15(9-11-20)25-14-6-4-13(18)5-7-14/h4-7,12,15-16,19H,8-11H2,1-3H3/t16-/m1/s1. The summed E-state index contributed by atoms with van der Waals surface area (Å²) >= 11 is 0. The van der Waals surface area contributed by atoms with Crippen molar-refractivity contribution in [3.63, 3.8) is 0 Å². The highest BCUT2D eigenvalue weighted by atomic mass is 32.2. The van der Waals surface area contributed by atoms with Crippen LogP contribution in [0.1, 0.15) is 26.7 Å². The van der Waals surface area contributed by atoms with Gasteiger partial charge in [0.2, 0.25) is 0 Å². The third-order valence-corrected chi connectivity index (χ3v) is 5.85. The van der Waals surface area contributed by atoms with E-state index in [1.54, 1.807) is 26.0 Å². The molecule has 1 saturated heterocycles. The van der Waals surface area contributed by atoms with E-state index >= 15 is 0 Å². The van der Waals surface area contributed by atoms with Crippen LogP contribution in [0, 0.1) is 11.7 Å². The van der Waals surface area contributed by atoms with Crippen LogP contribution in [-0.2, 0) is 19.7 Å². The van der Waals surface area contributed by atoms with E-state index in [0.29, 0.717) is 18.6 Å². The molecule has 1 N–H and O–H groups in total. The minimum absolute atomic E-state index is 0.145. The molecule has 9 heteroatoms. The summed E-state index contributed by atoms with van der Waals surface area (Å²) in [6, 6.07) is 4.79. The molecule has 1 aromatic carbocycles. The van der Waals surface area contributed by atoms with Crippen LogP contribution in [0.15, 0.2) is 24.3 Å². The number of hydrogen-bond donors (Lipinski definition) is 1. The lowest BCUT2D eigenvalue weighted by molar-refractivity contribution is -0.143. The first kappa shape index (κ1) is 20.6. The van der Waals surface area contributed by atoms with E-state index in [4.69, 9.17) is 4.74 Å². The minimum atomic E-state index is -3.81. The first-order chi connectivity index (χ1) is 12.2. The van der Waals surface area contributed by atoms with Crippen molar-refractivity contribution in [2.24, 2.45) is 5.92 Å². The second-order valence-electron chi connectivity index (χ2n) is 6.54. The summed E-state index contributed by atoms with van der Waals surface area (Å²) < 4.78 is 52.2. The molecule has 7 nitrogen and oxygen atoms in total. The number of carbonyl (C=O) groups is 1. The fourth-order valence-electron chi connectivity index (χ4n) is 2.71. The molecule has 1 fully saturated rings. The number of hydrogen-bond acceptors (Lipinski definition) is 5. The molecule has 0 radical (unpaired) electrons. The van der Waals surface area contributed by atoms with Crippen molar-refractivity contribution in [3.05, 3.63) is 30.1 Å². The molecule has 0 bridgehead atoms. The van der Waals surface area contributed by atoms with E-state index in [0.717, 1.165) is 0 Å². The zero-order valence-corrected chi connectivity index (χ0v) is 16.0. The Morgan fingerprint density at radius 2 is 1.81 bits per heavy atom. The molecule has 146 valence electrons. The van der Waals surface area contributed by atoms with Crippen LogP contribution in [0.5, 0.6) is 5.75 Å². The van der Waals surface area contributed by atoms with Crippen LogP contribution < -0.4 is 9.46 Å². The van der Waals surface area contributed by atoms with Crippen LogP contribution in [0.25, 0.3) is 0 Å². The van der Waals surface area contributed by atoms with Gasteiger partial charge in [-0.25, -0.2) is 4.39 Å². The molecular formula is C17H25FN2O5S. The monoisotopic (exact) mass is 388 g/mol. The van der Waals surface area contributed by atoms with Crippen molar-refractivity contribution in [2.45, 2.75) is 38.8 Å². The number of carbonyl (C=O) groups excluding carboxylic acids is 1. The zero-order chi connectivity index (χ0) is 19.3. The maximum atomic E-state index is 12.9. The molecular weight excluding hydrogens is 363 g/mol. The second-order valence-corrected chi connectivity index (χ2v) is 8.24. The van der Waals surface area contributed by atoms with Crippen LogP contribution >= 0.6 is 0 Å². The highest BCUT2D eigenvalue weighted by Gasteiger charge is 2.34. The Morgan fingerprint density at radius 1 is 1.23 bits per heavy atom. The maximum Gasteiger partial charge on any atom is 0.324 e. The van der Waals surface area contributed by atoms with E-state index in [9.17, 15) is 17.6 Å². The summed E-state index contributed by atoms with van der Waals surface area (Å²) in [7, 11) is -2.58. The van der Waals surface area contributed by atoms with Gasteiger partial charge in [-0.3, -0.25) is 4.79 Å². The average molecular weight is 388 g/mol. The summed E-state index contributed by atoms with van der Waals surface area (Å²) in [6.45, 7) is 4.03. The predicted molar refractivity (Wildman–Crippen MR) is 94.3 cm³/mol. The highest BCUT2D eigenvalue weighted by Crippen LogP contribution is 2.21. The molecule has 1 aliphatic rings. The normalized spacial score (nSPS) is 17.9. The van der Waals surface area contributed by atoms with Crippen molar-refractivity contribution < 1.29 is 27.1 Å². The van der Waals surface area contributed by atoms with Gasteiger partial charge in [0.15, 0.2) is 0 Å². The van der Waals surface area contributed by atoms with Crippen molar-refractivity contribution in [1.29, 1.82) is 0 Å². The van der Waals surface area contributed by atoms with Crippen LogP contribution in [0.2, 0.25) is 0 Å². The van der Waals surface area contributed by atoms with Gasteiger partial charge in [-0.2, -0.15) is 17.4 Å². The number of rotatable bonds is 7. The van der Waals surface area contributed by atoms with Crippen LogP contribution in [0.3, 0.4) is 0 Å². The van der Waals surface area contributed by atoms with Gasteiger partial charge < -0.3 is 9.47 Å². The van der Waals surface area contributed by atoms with E-state index in [1.165, 1.54) is 23.5 Å². The number of esters is 1. The Morgan fingerprint density at radius 3 is 2.31 bits per heavy atom. The lowest BCUT2D eigenvalue weighted by Gasteiger charge is -2.32. The number of nitrogens with one attached hydrogen (secondary N) is 1. The van der Waals surface area contributed by atoms with E-state index in [2.05, 4.69) is 9.46 Å². The molecule has 26 heavy (non-hydrogen) atoms. The van der Waals surface area contributed by atoms with Gasteiger partial charge >= 0.3 is 5.97 Å². The second kappa shape index (κ2) is 8.79. The number of methoxy groups -OCH3 is 1. The molecule has 0 unspecified atom stereocenters. The fraction of sp³-hybridized carbons (Fsp3) is 0.588. The Kier molecular flexibility index (Phi) is 6.96. The molecule has 0 aliphatic carbocycles. The van der Waals surface area contributed by atoms with E-state index in [-0.39, 0.29) is 30.9 Å². The van der Waals surface area contributed by atoms with E-state index in [1.807, 2.05) is 0 Å². The SMILES string of the molecule is COC(=O)[C@H](NS(=O)(=O)N1CCC(Oc2ccc(F)cc2)CC1)C(C)C. The Balaban J connectivity index is 1.92. The number of benzene rings is 1. The Labute approximate surface area is 153 Å². The first-order valence-electron chi connectivity index (χ1n) is 8.50. The molecule has 0 saturated carbocycles. The van der Waals surface area contributed by atoms with Crippen molar-refractivity contribution in [3.8, 4) is 5.75 Å². The van der Waals surface area contributed by atoms with Gasteiger partial charge in [0.25, 0.3) is 10.2 Å². The number of halogens is 1. The van der Waals surface area contributed by atoms with Gasteiger partial charge in [-0.15, -0.1) is 0 Å². The fourth-order valence-corrected chi connectivity index (χ4v) is 4.24. The maximum absolute atomic E-state index is 12.9. The molecule has 1 aliphatic heterocycles. The molecule has 1 aromatic rings. The molecule has 1 heterocycles. The van der Waals surface area contributed by atoms with Gasteiger partial charge in [0, 0.05) is 13.1 Å². The van der Waals surface area contributed by atoms with Crippen molar-refractivity contribution >= 4 is 16.2 Å². The summed E-state index contributed by atoms with van der Waals surface area (Å²) in [5.41, 5.74) is 0. The largest absolute Gasteiger partial charge is 0.490 e. The summed E-state index contributed by atoms with van der Waals surface area (Å²) in [5.74, 6) is -0.638. The third-order valence-electron chi connectivity index (χ3n) is 4.25. The molecule has 0 amide bonds. The van der Waals surface area contributed by atoms with Crippen LogP contribution in [-0.4, -0.2) is 51.0 Å². The van der Waals surface area contributed by atoms with Crippen molar-refractivity contribution in [2.75, 3.05) is 20.2 Å². The Bertz CT molecular complexity index is 700. The molecule has 0 spiro atoms. The summed E-state index contributed by atoms with van der Waals surface area (Å²) in [5, 5.41) is 0. The molecule has 2 rings (SSSR count). The quantitative estimate of drug-likeness (QED) is 0.719. The topological polar surface area (TPSA) is 84.9 Å². The minimum Gasteiger partial charge on any atom is -0.490 e. The summed E-state index contributed by atoms with van der Waals surface area (Å²) in [4.78, 5) is 11.8. The molecule has 1 atom stereocenters. The predicted octanol–water partition coefficient (Wildman–Crippen LogP) is 1.70. The first-order valence-corrected chi connectivity index (χ1v) is 9.94. The number of nitrogens with zero attached hydrogens (tertiary/aromatic N) is 1. The van der Waals surface area contributed by atoms with Gasteiger partial charge in [-0.05, 0) is 43.0 Å². The Hall–Kier alpha value is -1.71.